The number of aryl methyl sites for hydroxylation is 1. The molecule has 3 aromatic rings. The van der Waals surface area contributed by atoms with Crippen molar-refractivity contribution < 1.29 is 9.53 Å². The predicted octanol–water partition coefficient (Wildman–Crippen LogP) is 4.21. The van der Waals surface area contributed by atoms with Gasteiger partial charge >= 0.3 is 0 Å². The number of ether oxygens (including phenoxy) is 1. The van der Waals surface area contributed by atoms with E-state index < -0.39 is 0 Å². The molecule has 0 aliphatic carbocycles. The Kier molecular flexibility index (Phi) is 5.39. The first-order valence-electron chi connectivity index (χ1n) is 8.00. The van der Waals surface area contributed by atoms with E-state index in [9.17, 15) is 4.79 Å². The van der Waals surface area contributed by atoms with E-state index in [2.05, 4.69) is 10.5 Å². The number of hydrogen-bond donors (Lipinski definition) is 1. The van der Waals surface area contributed by atoms with E-state index in [4.69, 9.17) is 16.3 Å². The van der Waals surface area contributed by atoms with Crippen molar-refractivity contribution in [3.63, 3.8) is 0 Å². The number of nitrogens with zero attached hydrogens (tertiary/aromatic N) is 2. The van der Waals surface area contributed by atoms with Gasteiger partial charge < -0.3 is 9.30 Å². The van der Waals surface area contributed by atoms with Gasteiger partial charge in [0.1, 0.15) is 5.75 Å². The molecule has 0 aliphatic heterocycles. The number of nitrogens with one attached hydrogen (secondary N) is 1. The fourth-order valence-electron chi connectivity index (χ4n) is 2.54. The minimum atomic E-state index is -0.331. The summed E-state index contributed by atoms with van der Waals surface area (Å²) >= 11 is 5.93. The minimum Gasteiger partial charge on any atom is -0.496 e. The second-order valence-electron chi connectivity index (χ2n) is 5.68. The highest BCUT2D eigenvalue weighted by Gasteiger charge is 2.11. The summed E-state index contributed by atoms with van der Waals surface area (Å²) in [4.78, 5) is 12.3. The van der Waals surface area contributed by atoms with E-state index in [-0.39, 0.29) is 5.91 Å². The van der Waals surface area contributed by atoms with Gasteiger partial charge in [-0.05, 0) is 61.0 Å². The van der Waals surface area contributed by atoms with Crippen LogP contribution in [0.4, 0.5) is 0 Å². The molecule has 0 atom stereocenters. The van der Waals surface area contributed by atoms with Crippen LogP contribution in [0.3, 0.4) is 0 Å². The molecule has 0 fully saturated rings. The fraction of sp³-hybridized carbons (Fsp3) is 0.100. The molecule has 0 saturated heterocycles. The summed E-state index contributed by atoms with van der Waals surface area (Å²) in [6.07, 6.45) is 3.50. The number of rotatable bonds is 5. The Labute approximate surface area is 156 Å². The molecule has 1 aromatic heterocycles. The van der Waals surface area contributed by atoms with Gasteiger partial charge in [0.15, 0.2) is 0 Å². The first-order valence-corrected chi connectivity index (χ1v) is 8.37. The summed E-state index contributed by atoms with van der Waals surface area (Å²) in [5.41, 5.74) is 5.76. The van der Waals surface area contributed by atoms with Gasteiger partial charge in [-0.3, -0.25) is 4.79 Å². The summed E-state index contributed by atoms with van der Waals surface area (Å²) in [5.74, 6) is 0.185. The second-order valence-corrected chi connectivity index (χ2v) is 6.12. The van der Waals surface area contributed by atoms with Gasteiger partial charge in [0.25, 0.3) is 5.91 Å². The number of benzene rings is 2. The molecule has 0 saturated carbocycles. The quantitative estimate of drug-likeness (QED) is 0.542. The summed E-state index contributed by atoms with van der Waals surface area (Å²) in [6, 6.07) is 16.7. The van der Waals surface area contributed by atoms with Crippen molar-refractivity contribution in [3.8, 4) is 11.4 Å². The SMILES string of the molecule is COc1cc(C)ccc1C(=O)N/N=C\c1cccn1-c1ccc(Cl)cc1. The zero-order valence-corrected chi connectivity index (χ0v) is 15.2. The lowest BCUT2D eigenvalue weighted by Crippen LogP contribution is -2.18. The van der Waals surface area contributed by atoms with E-state index in [1.165, 1.54) is 7.11 Å². The lowest BCUT2D eigenvalue weighted by atomic mass is 10.1. The van der Waals surface area contributed by atoms with Gasteiger partial charge in [0, 0.05) is 16.9 Å². The molecule has 5 nitrogen and oxygen atoms in total. The lowest BCUT2D eigenvalue weighted by molar-refractivity contribution is 0.0952. The number of halogens is 1. The highest BCUT2D eigenvalue weighted by atomic mass is 35.5. The highest BCUT2D eigenvalue weighted by molar-refractivity contribution is 6.30. The Morgan fingerprint density at radius 3 is 2.69 bits per heavy atom. The van der Waals surface area contributed by atoms with Crippen molar-refractivity contribution in [2.75, 3.05) is 7.11 Å². The second kappa shape index (κ2) is 7.89. The Morgan fingerprint density at radius 1 is 1.19 bits per heavy atom. The number of hydrazone groups is 1. The molecule has 0 aliphatic rings. The van der Waals surface area contributed by atoms with E-state index in [1.807, 2.05) is 66.2 Å². The molecule has 1 heterocycles. The zero-order valence-electron chi connectivity index (χ0n) is 14.4. The fourth-order valence-corrected chi connectivity index (χ4v) is 2.67. The largest absolute Gasteiger partial charge is 0.496 e. The molecule has 26 heavy (non-hydrogen) atoms. The number of aromatic nitrogens is 1. The van der Waals surface area contributed by atoms with Crippen molar-refractivity contribution in [1.82, 2.24) is 9.99 Å². The molecule has 1 amide bonds. The summed E-state index contributed by atoms with van der Waals surface area (Å²) in [7, 11) is 1.54. The average Bonchev–Trinajstić information content (AvgIpc) is 3.10. The number of amides is 1. The van der Waals surface area contributed by atoms with Gasteiger partial charge in [-0.1, -0.05) is 17.7 Å². The van der Waals surface area contributed by atoms with Crippen molar-refractivity contribution in [2.24, 2.45) is 5.10 Å². The normalized spacial score (nSPS) is 10.9. The first kappa shape index (κ1) is 17.8. The van der Waals surface area contributed by atoms with E-state index in [0.717, 1.165) is 16.9 Å². The minimum absolute atomic E-state index is 0.331. The Hall–Kier alpha value is -3.05. The Morgan fingerprint density at radius 2 is 1.96 bits per heavy atom. The maximum absolute atomic E-state index is 12.3. The van der Waals surface area contributed by atoms with E-state index in [0.29, 0.717) is 16.3 Å². The van der Waals surface area contributed by atoms with Crippen LogP contribution in [0.25, 0.3) is 5.69 Å². The molecule has 0 radical (unpaired) electrons. The molecule has 132 valence electrons. The number of carbonyl (C=O) groups is 1. The van der Waals surface area contributed by atoms with Crippen molar-refractivity contribution >= 4 is 23.7 Å². The van der Waals surface area contributed by atoms with E-state index >= 15 is 0 Å². The molecule has 0 spiro atoms. The Balaban J connectivity index is 1.75. The summed E-state index contributed by atoms with van der Waals surface area (Å²) in [6.45, 7) is 1.94. The molecular weight excluding hydrogens is 350 g/mol. The molecule has 2 aromatic carbocycles. The monoisotopic (exact) mass is 367 g/mol. The van der Waals surface area contributed by atoms with Crippen molar-refractivity contribution in [2.45, 2.75) is 6.92 Å². The van der Waals surface area contributed by atoms with Gasteiger partial charge in [-0.2, -0.15) is 5.10 Å². The van der Waals surface area contributed by atoms with Crippen LogP contribution < -0.4 is 10.2 Å². The van der Waals surface area contributed by atoms with Crippen molar-refractivity contribution in [3.05, 3.63) is 82.6 Å². The molecule has 1 N–H and O–H groups in total. The third-order valence-electron chi connectivity index (χ3n) is 3.85. The zero-order chi connectivity index (χ0) is 18.5. The van der Waals surface area contributed by atoms with Gasteiger partial charge in [0.05, 0.1) is 24.6 Å². The summed E-state index contributed by atoms with van der Waals surface area (Å²) < 4.78 is 7.20. The topological polar surface area (TPSA) is 55.6 Å². The maximum atomic E-state index is 12.3. The van der Waals surface area contributed by atoms with Crippen LogP contribution in [0.15, 0.2) is 65.9 Å². The molecule has 3 rings (SSSR count). The number of hydrogen-bond acceptors (Lipinski definition) is 3. The van der Waals surface area contributed by atoms with Crippen LogP contribution in [-0.2, 0) is 0 Å². The Bertz CT molecular complexity index is 946. The molecule has 0 bridgehead atoms. The van der Waals surface area contributed by atoms with Crippen LogP contribution in [0.1, 0.15) is 21.6 Å². The maximum Gasteiger partial charge on any atom is 0.275 e. The average molecular weight is 368 g/mol. The predicted molar refractivity (Wildman–Crippen MR) is 104 cm³/mol. The van der Waals surface area contributed by atoms with E-state index in [1.54, 1.807) is 12.3 Å². The highest BCUT2D eigenvalue weighted by Crippen LogP contribution is 2.19. The standard InChI is InChI=1S/C20H18ClN3O2/c1-14-5-10-18(19(12-14)26-2)20(25)23-22-13-17-4-3-11-24(17)16-8-6-15(21)7-9-16/h3-13H,1-2H3,(H,23,25)/b22-13-. The van der Waals surface area contributed by atoms with Gasteiger partial charge in [-0.25, -0.2) is 5.43 Å². The smallest absolute Gasteiger partial charge is 0.275 e. The van der Waals surface area contributed by atoms with Crippen LogP contribution in [0.5, 0.6) is 5.75 Å². The van der Waals surface area contributed by atoms with Crippen LogP contribution in [-0.4, -0.2) is 23.8 Å². The van der Waals surface area contributed by atoms with Gasteiger partial charge in [-0.15, -0.1) is 0 Å². The van der Waals surface area contributed by atoms with Crippen LogP contribution >= 0.6 is 11.6 Å². The van der Waals surface area contributed by atoms with Crippen molar-refractivity contribution in [1.29, 1.82) is 0 Å². The summed E-state index contributed by atoms with van der Waals surface area (Å²) in [5, 5.41) is 4.74. The third-order valence-corrected chi connectivity index (χ3v) is 4.10. The van der Waals surface area contributed by atoms with Gasteiger partial charge in [0.2, 0.25) is 0 Å². The first-order chi connectivity index (χ1) is 12.6. The molecule has 0 unspecified atom stereocenters. The molecular formula is C20H18ClN3O2. The number of carbonyl (C=O) groups excluding carboxylic acids is 1. The lowest BCUT2D eigenvalue weighted by Gasteiger charge is -2.08. The number of methoxy groups -OCH3 is 1. The van der Waals surface area contributed by atoms with Crippen LogP contribution in [0, 0.1) is 6.92 Å². The van der Waals surface area contributed by atoms with Crippen LogP contribution in [0.2, 0.25) is 5.02 Å². The molecule has 6 heteroatoms. The third kappa shape index (κ3) is 3.95.